The van der Waals surface area contributed by atoms with Gasteiger partial charge in [-0.3, -0.25) is 10.2 Å². The fourth-order valence-electron chi connectivity index (χ4n) is 0.706. The Morgan fingerprint density at radius 2 is 1.80 bits per heavy atom. The molecule has 0 saturated heterocycles. The monoisotopic (exact) mass is 218 g/mol. The maximum Gasteiger partial charge on any atom is 0.422 e. The van der Waals surface area contributed by atoms with Gasteiger partial charge in [-0.1, -0.05) is 0 Å². The molecule has 0 bridgehead atoms. The van der Waals surface area contributed by atoms with Crippen LogP contribution in [0.3, 0.4) is 0 Å². The van der Waals surface area contributed by atoms with Gasteiger partial charge < -0.3 is 9.47 Å². The molecule has 0 spiro atoms. The average molecular weight is 218 g/mol. The molecule has 0 aliphatic rings. The summed E-state index contributed by atoms with van der Waals surface area (Å²) < 4.78 is 9.39. The standard InChI is InChI=1S/C9H18N2O4/c1-6(7(12)14-5)10-11-8(13)15-9(2,3)4/h6,10H,1-5H3,(H,11,13)/t6-/m0/s1. The van der Waals surface area contributed by atoms with E-state index in [0.717, 1.165) is 0 Å². The van der Waals surface area contributed by atoms with Crippen molar-refractivity contribution in [1.82, 2.24) is 10.9 Å². The van der Waals surface area contributed by atoms with Crippen molar-refractivity contribution >= 4 is 12.1 Å². The van der Waals surface area contributed by atoms with Gasteiger partial charge in [-0.15, -0.1) is 0 Å². The van der Waals surface area contributed by atoms with Gasteiger partial charge in [0, 0.05) is 0 Å². The molecule has 0 aromatic rings. The lowest BCUT2D eigenvalue weighted by Crippen LogP contribution is -2.48. The summed E-state index contributed by atoms with van der Waals surface area (Å²) in [5, 5.41) is 0. The number of ether oxygens (including phenoxy) is 2. The summed E-state index contributed by atoms with van der Waals surface area (Å²) in [6.07, 6.45) is -0.641. The first kappa shape index (κ1) is 13.7. The van der Waals surface area contributed by atoms with Crippen molar-refractivity contribution in [3.05, 3.63) is 0 Å². The molecule has 0 unspecified atom stereocenters. The summed E-state index contributed by atoms with van der Waals surface area (Å²) in [4.78, 5) is 22.1. The molecule has 0 fully saturated rings. The zero-order chi connectivity index (χ0) is 12.1. The first-order valence-electron chi connectivity index (χ1n) is 4.58. The molecule has 1 atom stereocenters. The molecule has 0 radical (unpaired) electrons. The van der Waals surface area contributed by atoms with Crippen molar-refractivity contribution in [2.45, 2.75) is 39.3 Å². The molecule has 0 aromatic heterocycles. The highest BCUT2D eigenvalue weighted by atomic mass is 16.6. The highest BCUT2D eigenvalue weighted by Gasteiger charge is 2.18. The van der Waals surface area contributed by atoms with E-state index in [1.54, 1.807) is 27.7 Å². The number of nitrogens with one attached hydrogen (secondary N) is 2. The van der Waals surface area contributed by atoms with Crippen molar-refractivity contribution in [1.29, 1.82) is 0 Å². The van der Waals surface area contributed by atoms with Crippen molar-refractivity contribution in [3.8, 4) is 0 Å². The van der Waals surface area contributed by atoms with E-state index in [1.807, 2.05) is 0 Å². The van der Waals surface area contributed by atoms with Gasteiger partial charge in [0.2, 0.25) is 0 Å². The molecular formula is C9H18N2O4. The van der Waals surface area contributed by atoms with Crippen LogP contribution in [-0.2, 0) is 14.3 Å². The third-order valence-corrected chi connectivity index (χ3v) is 1.34. The molecule has 0 aliphatic heterocycles. The second-order valence-electron chi connectivity index (χ2n) is 4.02. The molecule has 0 heterocycles. The molecule has 1 amide bonds. The minimum Gasteiger partial charge on any atom is -0.468 e. The van der Waals surface area contributed by atoms with Crippen molar-refractivity contribution in [2.75, 3.05) is 7.11 Å². The number of hydrogen-bond acceptors (Lipinski definition) is 5. The molecule has 0 aliphatic carbocycles. The largest absolute Gasteiger partial charge is 0.468 e. The van der Waals surface area contributed by atoms with Gasteiger partial charge in [-0.25, -0.2) is 10.2 Å². The molecule has 88 valence electrons. The van der Waals surface area contributed by atoms with E-state index in [4.69, 9.17) is 4.74 Å². The molecule has 0 aromatic carbocycles. The van der Waals surface area contributed by atoms with Crippen LogP contribution in [0.4, 0.5) is 4.79 Å². The molecule has 0 saturated carbocycles. The predicted molar refractivity (Wildman–Crippen MR) is 54.0 cm³/mol. The van der Waals surface area contributed by atoms with E-state index >= 15 is 0 Å². The van der Waals surface area contributed by atoms with E-state index in [1.165, 1.54) is 7.11 Å². The topological polar surface area (TPSA) is 76.7 Å². The Morgan fingerprint density at radius 1 is 1.27 bits per heavy atom. The highest BCUT2D eigenvalue weighted by molar-refractivity contribution is 5.75. The third kappa shape index (κ3) is 6.73. The Labute approximate surface area is 89.3 Å². The SMILES string of the molecule is COC(=O)[C@H](C)NNC(=O)OC(C)(C)C. The van der Waals surface area contributed by atoms with Gasteiger partial charge in [0.25, 0.3) is 0 Å². The second kappa shape index (κ2) is 5.55. The Balaban J connectivity index is 3.86. The van der Waals surface area contributed by atoms with Crippen molar-refractivity contribution < 1.29 is 19.1 Å². The van der Waals surface area contributed by atoms with Gasteiger partial charge in [-0.2, -0.15) is 0 Å². The lowest BCUT2D eigenvalue weighted by molar-refractivity contribution is -0.142. The van der Waals surface area contributed by atoms with Gasteiger partial charge in [0.1, 0.15) is 11.6 Å². The number of carbonyl (C=O) groups is 2. The average Bonchev–Trinajstić information content (AvgIpc) is 2.10. The number of rotatable bonds is 3. The Morgan fingerprint density at radius 3 is 2.20 bits per heavy atom. The molecule has 0 rings (SSSR count). The molecular weight excluding hydrogens is 200 g/mol. The van der Waals surface area contributed by atoms with Crippen LogP contribution in [0.2, 0.25) is 0 Å². The van der Waals surface area contributed by atoms with Gasteiger partial charge in [0.15, 0.2) is 0 Å². The van der Waals surface area contributed by atoms with Crippen LogP contribution in [-0.4, -0.2) is 30.8 Å². The Hall–Kier alpha value is -1.30. The van der Waals surface area contributed by atoms with Crippen LogP contribution >= 0.6 is 0 Å². The maximum atomic E-state index is 11.1. The molecule has 6 nitrogen and oxygen atoms in total. The lowest BCUT2D eigenvalue weighted by Gasteiger charge is -2.20. The number of methoxy groups -OCH3 is 1. The van der Waals surface area contributed by atoms with E-state index < -0.39 is 23.7 Å². The molecule has 2 N–H and O–H groups in total. The molecule has 15 heavy (non-hydrogen) atoms. The number of amides is 1. The van der Waals surface area contributed by atoms with E-state index in [9.17, 15) is 9.59 Å². The van der Waals surface area contributed by atoms with Crippen molar-refractivity contribution in [3.63, 3.8) is 0 Å². The van der Waals surface area contributed by atoms with Crippen LogP contribution in [0.15, 0.2) is 0 Å². The Kier molecular flexibility index (Phi) is 5.07. The van der Waals surface area contributed by atoms with Crippen LogP contribution in [0.5, 0.6) is 0 Å². The summed E-state index contributed by atoms with van der Waals surface area (Å²) in [5.41, 5.74) is 4.13. The normalized spacial score (nSPS) is 12.9. The number of hydrogen-bond donors (Lipinski definition) is 2. The summed E-state index contributed by atoms with van der Waals surface area (Å²) in [5.74, 6) is -0.467. The van der Waals surface area contributed by atoms with Gasteiger partial charge in [0.05, 0.1) is 7.11 Å². The first-order chi connectivity index (χ1) is 6.76. The third-order valence-electron chi connectivity index (χ3n) is 1.34. The summed E-state index contributed by atoms with van der Waals surface area (Å²) in [7, 11) is 1.27. The van der Waals surface area contributed by atoms with E-state index in [-0.39, 0.29) is 0 Å². The van der Waals surface area contributed by atoms with E-state index in [2.05, 4.69) is 15.6 Å². The van der Waals surface area contributed by atoms with Crippen molar-refractivity contribution in [2.24, 2.45) is 0 Å². The highest BCUT2D eigenvalue weighted by Crippen LogP contribution is 2.05. The van der Waals surface area contributed by atoms with Crippen LogP contribution in [0.25, 0.3) is 0 Å². The zero-order valence-electron chi connectivity index (χ0n) is 9.71. The molecule has 6 heteroatoms. The summed E-state index contributed by atoms with van der Waals surface area (Å²) >= 11 is 0. The van der Waals surface area contributed by atoms with Crippen LogP contribution in [0.1, 0.15) is 27.7 Å². The lowest BCUT2D eigenvalue weighted by atomic mass is 10.2. The number of esters is 1. The van der Waals surface area contributed by atoms with Gasteiger partial charge >= 0.3 is 12.1 Å². The first-order valence-corrected chi connectivity index (χ1v) is 4.58. The smallest absolute Gasteiger partial charge is 0.422 e. The fraction of sp³-hybridized carbons (Fsp3) is 0.778. The van der Waals surface area contributed by atoms with E-state index in [0.29, 0.717) is 0 Å². The zero-order valence-corrected chi connectivity index (χ0v) is 9.71. The number of carbonyl (C=O) groups excluding carboxylic acids is 2. The number of hydrazine groups is 1. The van der Waals surface area contributed by atoms with Crippen LogP contribution in [0, 0.1) is 0 Å². The van der Waals surface area contributed by atoms with Gasteiger partial charge in [-0.05, 0) is 27.7 Å². The summed E-state index contributed by atoms with van der Waals surface area (Å²) in [6, 6.07) is -0.623. The summed E-state index contributed by atoms with van der Waals surface area (Å²) in [6.45, 7) is 6.80. The predicted octanol–water partition coefficient (Wildman–Crippen LogP) is 0.577. The fourth-order valence-corrected chi connectivity index (χ4v) is 0.706. The van der Waals surface area contributed by atoms with Crippen LogP contribution < -0.4 is 10.9 Å². The second-order valence-corrected chi connectivity index (χ2v) is 4.02. The minimum absolute atomic E-state index is 0.467. The Bertz CT molecular complexity index is 235. The minimum atomic E-state index is -0.641. The maximum absolute atomic E-state index is 11.1. The quantitative estimate of drug-likeness (QED) is 0.535.